The lowest BCUT2D eigenvalue weighted by molar-refractivity contribution is -0.124. The van der Waals surface area contributed by atoms with Crippen molar-refractivity contribution in [2.75, 3.05) is 12.0 Å². The first kappa shape index (κ1) is 19.4. The van der Waals surface area contributed by atoms with Crippen LogP contribution in [0.15, 0.2) is 24.3 Å². The van der Waals surface area contributed by atoms with Crippen LogP contribution in [-0.4, -0.2) is 52.6 Å². The van der Waals surface area contributed by atoms with Gasteiger partial charge in [0.2, 0.25) is 5.91 Å². The Morgan fingerprint density at radius 2 is 1.96 bits per heavy atom. The average Bonchev–Trinajstić information content (AvgIpc) is 3.08. The van der Waals surface area contributed by atoms with E-state index in [4.69, 9.17) is 5.73 Å². The highest BCUT2D eigenvalue weighted by molar-refractivity contribution is 5.90. The third-order valence-corrected chi connectivity index (χ3v) is 4.06. The summed E-state index contributed by atoms with van der Waals surface area (Å²) in [4.78, 5) is 37.3. The number of anilines is 1. The molecule has 1 fully saturated rings. The number of carbonyl (C=O) groups is 3. The number of hydrogen-bond donors (Lipinski definition) is 5. The zero-order valence-corrected chi connectivity index (χ0v) is 14.2. The maximum atomic E-state index is 12.9. The lowest BCUT2D eigenvalue weighted by Crippen LogP contribution is -2.57. The fourth-order valence-electron chi connectivity index (χ4n) is 2.68. The van der Waals surface area contributed by atoms with E-state index in [-0.39, 0.29) is 0 Å². The number of rotatable bonds is 6. The van der Waals surface area contributed by atoms with E-state index in [1.54, 1.807) is 0 Å². The van der Waals surface area contributed by atoms with E-state index in [9.17, 15) is 23.9 Å². The topological polar surface area (TPSA) is 137 Å². The first-order valence-corrected chi connectivity index (χ1v) is 8.15. The number of carbonyl (C=O) groups excluding carboxylic acids is 3. The molecule has 0 spiro atoms. The van der Waals surface area contributed by atoms with Gasteiger partial charge in [-0.15, -0.1) is 0 Å². The molecule has 1 heterocycles. The van der Waals surface area contributed by atoms with Gasteiger partial charge in [0, 0.05) is 6.54 Å². The monoisotopic (exact) mass is 367 g/mol. The molecular formula is C16H22FN5O4. The van der Waals surface area contributed by atoms with E-state index < -0.39 is 41.9 Å². The Kier molecular flexibility index (Phi) is 6.34. The van der Waals surface area contributed by atoms with Crippen molar-refractivity contribution in [3.8, 4) is 0 Å². The zero-order valence-electron chi connectivity index (χ0n) is 14.2. The molecule has 26 heavy (non-hydrogen) atoms. The number of aliphatic hydroxyl groups excluding tert-OH is 1. The summed E-state index contributed by atoms with van der Waals surface area (Å²) in [5.74, 6) is -1.72. The number of hydrazine groups is 1. The van der Waals surface area contributed by atoms with Gasteiger partial charge in [0.1, 0.15) is 17.9 Å². The van der Waals surface area contributed by atoms with Crippen molar-refractivity contribution in [3.63, 3.8) is 0 Å². The summed E-state index contributed by atoms with van der Waals surface area (Å²) in [6.45, 7) is 1.66. The SMILES string of the molecule is CC(O)C(NC(=O)N1CCCC1C(=O)NNc1ccc(F)cc1)C(N)=O. The first-order valence-electron chi connectivity index (χ1n) is 8.15. The highest BCUT2D eigenvalue weighted by Crippen LogP contribution is 2.18. The van der Waals surface area contributed by atoms with Crippen LogP contribution < -0.4 is 21.9 Å². The molecule has 9 nitrogen and oxygen atoms in total. The predicted octanol–water partition coefficient (Wildman–Crippen LogP) is -0.322. The number of urea groups is 1. The molecule has 2 rings (SSSR count). The summed E-state index contributed by atoms with van der Waals surface area (Å²) in [6, 6.07) is 2.74. The minimum absolute atomic E-state index is 0.325. The molecule has 3 atom stereocenters. The van der Waals surface area contributed by atoms with Crippen LogP contribution in [0.25, 0.3) is 0 Å². The van der Waals surface area contributed by atoms with Crippen LogP contribution in [0.1, 0.15) is 19.8 Å². The minimum Gasteiger partial charge on any atom is -0.391 e. The van der Waals surface area contributed by atoms with Crippen LogP contribution in [0, 0.1) is 5.82 Å². The normalized spacial score (nSPS) is 18.7. The smallest absolute Gasteiger partial charge is 0.318 e. The number of likely N-dealkylation sites (tertiary alicyclic amines) is 1. The number of benzene rings is 1. The molecule has 3 unspecified atom stereocenters. The molecule has 0 aliphatic carbocycles. The Morgan fingerprint density at radius 3 is 2.54 bits per heavy atom. The molecule has 142 valence electrons. The van der Waals surface area contributed by atoms with Gasteiger partial charge in [0.05, 0.1) is 11.8 Å². The number of primary amides is 1. The molecule has 1 saturated heterocycles. The van der Waals surface area contributed by atoms with Gasteiger partial charge in [0.15, 0.2) is 0 Å². The van der Waals surface area contributed by atoms with E-state index in [2.05, 4.69) is 16.2 Å². The van der Waals surface area contributed by atoms with Gasteiger partial charge in [-0.3, -0.25) is 20.4 Å². The van der Waals surface area contributed by atoms with E-state index in [0.29, 0.717) is 25.1 Å². The predicted molar refractivity (Wildman–Crippen MR) is 91.1 cm³/mol. The lowest BCUT2D eigenvalue weighted by atomic mass is 10.2. The Bertz CT molecular complexity index is 667. The molecule has 6 N–H and O–H groups in total. The van der Waals surface area contributed by atoms with Crippen molar-refractivity contribution in [2.24, 2.45) is 5.73 Å². The van der Waals surface area contributed by atoms with Crippen LogP contribution in [0.3, 0.4) is 0 Å². The fraction of sp³-hybridized carbons (Fsp3) is 0.438. The maximum Gasteiger partial charge on any atom is 0.318 e. The number of amides is 4. The van der Waals surface area contributed by atoms with Crippen molar-refractivity contribution in [3.05, 3.63) is 30.1 Å². The summed E-state index contributed by atoms with van der Waals surface area (Å²) < 4.78 is 12.9. The number of hydrogen-bond acceptors (Lipinski definition) is 5. The third kappa shape index (κ3) is 4.82. The molecule has 0 radical (unpaired) electrons. The molecule has 4 amide bonds. The molecule has 0 aromatic heterocycles. The molecule has 1 aromatic rings. The zero-order chi connectivity index (χ0) is 19.3. The Hall–Kier alpha value is -2.88. The average molecular weight is 367 g/mol. The second-order valence-electron chi connectivity index (χ2n) is 6.04. The van der Waals surface area contributed by atoms with Gasteiger partial charge < -0.3 is 21.1 Å². The van der Waals surface area contributed by atoms with E-state index in [1.807, 2.05) is 0 Å². The van der Waals surface area contributed by atoms with Crippen LogP contribution in [0.2, 0.25) is 0 Å². The Morgan fingerprint density at radius 1 is 1.31 bits per heavy atom. The van der Waals surface area contributed by atoms with Gasteiger partial charge >= 0.3 is 6.03 Å². The number of aliphatic hydroxyl groups is 1. The van der Waals surface area contributed by atoms with E-state index in [1.165, 1.54) is 36.1 Å². The molecule has 0 bridgehead atoms. The lowest BCUT2D eigenvalue weighted by Gasteiger charge is -2.27. The Labute approximate surface area is 149 Å². The number of halogens is 1. The van der Waals surface area contributed by atoms with E-state index >= 15 is 0 Å². The van der Waals surface area contributed by atoms with Crippen LogP contribution in [0.4, 0.5) is 14.9 Å². The van der Waals surface area contributed by atoms with Crippen molar-refractivity contribution in [1.29, 1.82) is 0 Å². The summed E-state index contributed by atoms with van der Waals surface area (Å²) >= 11 is 0. The summed E-state index contributed by atoms with van der Waals surface area (Å²) in [7, 11) is 0. The second-order valence-corrected chi connectivity index (χ2v) is 6.04. The third-order valence-electron chi connectivity index (χ3n) is 4.06. The minimum atomic E-state index is -1.25. The van der Waals surface area contributed by atoms with Crippen molar-refractivity contribution < 1.29 is 23.9 Å². The molecule has 1 aliphatic rings. The molecule has 1 aromatic carbocycles. The summed E-state index contributed by atoms with van der Waals surface area (Å²) in [5.41, 5.74) is 10.8. The quantitative estimate of drug-likeness (QED) is 0.439. The number of nitrogens with two attached hydrogens (primary N) is 1. The first-order chi connectivity index (χ1) is 12.3. The van der Waals surface area contributed by atoms with Gasteiger partial charge in [-0.2, -0.15) is 0 Å². The molecular weight excluding hydrogens is 345 g/mol. The number of nitrogens with one attached hydrogen (secondary N) is 3. The summed E-state index contributed by atoms with van der Waals surface area (Å²) in [6.07, 6.45) is -0.107. The molecule has 1 aliphatic heterocycles. The standard InChI is InChI=1S/C16H22FN5O4/c1-9(23)13(14(18)24)19-16(26)22-8-2-3-12(22)15(25)21-20-11-6-4-10(17)5-7-11/h4-7,9,12-13,20,23H,2-3,8H2,1H3,(H2,18,24)(H,19,26)(H,21,25). The highest BCUT2D eigenvalue weighted by Gasteiger charge is 2.36. The molecule has 0 saturated carbocycles. The van der Waals surface area contributed by atoms with Gasteiger partial charge in [-0.1, -0.05) is 0 Å². The fourth-order valence-corrected chi connectivity index (χ4v) is 2.68. The van der Waals surface area contributed by atoms with Gasteiger partial charge in [0.25, 0.3) is 5.91 Å². The largest absolute Gasteiger partial charge is 0.391 e. The van der Waals surface area contributed by atoms with E-state index in [0.717, 1.165) is 0 Å². The highest BCUT2D eigenvalue weighted by atomic mass is 19.1. The van der Waals surface area contributed by atoms with Crippen LogP contribution >= 0.6 is 0 Å². The molecule has 10 heteroatoms. The van der Waals surface area contributed by atoms with Crippen molar-refractivity contribution in [1.82, 2.24) is 15.6 Å². The number of nitrogens with zero attached hydrogens (tertiary/aromatic N) is 1. The van der Waals surface area contributed by atoms with Crippen molar-refractivity contribution in [2.45, 2.75) is 38.0 Å². The summed E-state index contributed by atoms with van der Waals surface area (Å²) in [5, 5.41) is 11.9. The van der Waals surface area contributed by atoms with Crippen LogP contribution in [-0.2, 0) is 9.59 Å². The van der Waals surface area contributed by atoms with Gasteiger partial charge in [-0.05, 0) is 44.0 Å². The Balaban J connectivity index is 1.95. The second kappa shape index (κ2) is 8.48. The van der Waals surface area contributed by atoms with Crippen LogP contribution in [0.5, 0.6) is 0 Å². The van der Waals surface area contributed by atoms with Gasteiger partial charge in [-0.25, -0.2) is 9.18 Å². The maximum absolute atomic E-state index is 12.9. The van der Waals surface area contributed by atoms with Crippen molar-refractivity contribution >= 4 is 23.5 Å².